The highest BCUT2D eigenvalue weighted by atomic mass is 16.4. The second kappa shape index (κ2) is 24.9. The maximum absolute atomic E-state index is 13.2. The average Bonchev–Trinajstić information content (AvgIpc) is 3.91. The topological polar surface area (TPSA) is 466 Å². The van der Waals surface area contributed by atoms with E-state index in [0.29, 0.717) is 18.5 Å². The Morgan fingerprint density at radius 1 is 0.803 bits per heavy atom. The van der Waals surface area contributed by atoms with E-state index in [-0.39, 0.29) is 38.3 Å². The highest BCUT2D eigenvalue weighted by Gasteiger charge is 2.37. The van der Waals surface area contributed by atoms with Gasteiger partial charge < -0.3 is 84.5 Å². The summed E-state index contributed by atoms with van der Waals surface area (Å²) in [7, 11) is 0. The van der Waals surface area contributed by atoms with Crippen LogP contribution in [0.1, 0.15) is 44.2 Å². The number of aliphatic carboxylic acids is 3. The number of amides is 7. The van der Waals surface area contributed by atoms with Crippen LogP contribution in [-0.4, -0.2) is 181 Å². The Morgan fingerprint density at radius 2 is 1.33 bits per heavy atom. The van der Waals surface area contributed by atoms with Crippen molar-refractivity contribution in [1.82, 2.24) is 46.8 Å². The van der Waals surface area contributed by atoms with E-state index in [1.807, 2.05) is 16.0 Å². The zero-order valence-corrected chi connectivity index (χ0v) is 32.6. The van der Waals surface area contributed by atoms with E-state index >= 15 is 0 Å². The summed E-state index contributed by atoms with van der Waals surface area (Å²) in [5.74, 6) is -12.6. The lowest BCUT2D eigenvalue weighted by Crippen LogP contribution is -2.60. The summed E-state index contributed by atoms with van der Waals surface area (Å²) in [6.45, 7) is -2.67. The van der Waals surface area contributed by atoms with Gasteiger partial charge in [-0.15, -0.1) is 0 Å². The van der Waals surface area contributed by atoms with Gasteiger partial charge in [-0.05, 0) is 25.7 Å². The number of carboxylic acids is 3. The molecule has 2 heterocycles. The van der Waals surface area contributed by atoms with E-state index in [1.165, 1.54) is 17.4 Å². The van der Waals surface area contributed by atoms with Gasteiger partial charge in [0.15, 0.2) is 5.96 Å². The number of likely N-dealkylation sites (tertiary alicyclic amines) is 1. The molecule has 0 bridgehead atoms. The molecule has 0 aliphatic carbocycles. The van der Waals surface area contributed by atoms with E-state index in [4.69, 9.17) is 17.2 Å². The molecule has 0 unspecified atom stereocenters. The van der Waals surface area contributed by atoms with E-state index in [2.05, 4.69) is 30.9 Å². The van der Waals surface area contributed by atoms with Crippen molar-refractivity contribution >= 4 is 65.2 Å². The zero-order chi connectivity index (χ0) is 45.8. The molecule has 1 aromatic rings. The number of H-pyrrole nitrogens is 1. The van der Waals surface area contributed by atoms with Gasteiger partial charge in [-0.3, -0.25) is 48.1 Å². The van der Waals surface area contributed by atoms with Crippen molar-refractivity contribution in [3.8, 4) is 0 Å². The summed E-state index contributed by atoms with van der Waals surface area (Å²) in [6.07, 6.45) is 1.27. The molecule has 0 saturated carbocycles. The normalized spacial score (nSPS) is 16.2. The number of hydrogen-bond acceptors (Lipinski definition) is 15. The summed E-state index contributed by atoms with van der Waals surface area (Å²) in [6, 6.07) is -11.3. The number of hydrogen-bond donors (Lipinski definition) is 15. The van der Waals surface area contributed by atoms with Crippen LogP contribution in [0, 0.1) is 0 Å². The number of aliphatic hydroxyl groups excluding tert-OH is 2. The number of aromatic nitrogens is 2. The molecule has 2 rings (SSSR count). The predicted octanol–water partition coefficient (Wildman–Crippen LogP) is -8.12. The van der Waals surface area contributed by atoms with E-state index in [0.717, 1.165) is 0 Å². The lowest BCUT2D eigenvalue weighted by Gasteiger charge is -2.27. The van der Waals surface area contributed by atoms with Crippen LogP contribution in [0.3, 0.4) is 0 Å². The summed E-state index contributed by atoms with van der Waals surface area (Å²) < 4.78 is 0. The molecule has 61 heavy (non-hydrogen) atoms. The Hall–Kier alpha value is -6.94. The van der Waals surface area contributed by atoms with Gasteiger partial charge in [0.1, 0.15) is 36.3 Å². The Labute approximate surface area is 345 Å². The molecular formula is C33H51N13O15. The Kier molecular flexibility index (Phi) is 20.5. The predicted molar refractivity (Wildman–Crippen MR) is 204 cm³/mol. The first kappa shape index (κ1) is 50.2. The van der Waals surface area contributed by atoms with Crippen LogP contribution in [0.5, 0.6) is 0 Å². The Morgan fingerprint density at radius 3 is 1.82 bits per heavy atom. The van der Waals surface area contributed by atoms with E-state index in [1.54, 1.807) is 0 Å². The van der Waals surface area contributed by atoms with Crippen LogP contribution in [0.25, 0.3) is 0 Å². The van der Waals surface area contributed by atoms with Crippen molar-refractivity contribution in [3.05, 3.63) is 18.2 Å². The monoisotopic (exact) mass is 869 g/mol. The molecule has 338 valence electrons. The lowest BCUT2D eigenvalue weighted by atomic mass is 10.1. The standard InChI is InChI=1S/C33H51N13O15/c34-16(3-1-5-38-33(35)36)31(59)46-6-2-4-22(46)30(58)39-11-23(49)41-17(8-24(50)51)26(54)42-18(9-25(52)53)27(55)44-21(13-48)29(57)45-20(12-47)28(56)43-19(32(60)61)7-15-10-37-14-40-15/h10,14,16-22,47-48H,1-9,11-13,34H2,(H,37,40)(H,39,58)(H,41,49)(H,42,54)(H,43,56)(H,44,55)(H,45,57)(H,50,51)(H,52,53)(H,60,61)(H4,35,36,38)/t16-,17-,18-,19-,20-,21-,22-/m0/s1. The number of aromatic amines is 1. The van der Waals surface area contributed by atoms with E-state index < -0.39 is 134 Å². The van der Waals surface area contributed by atoms with Gasteiger partial charge in [-0.1, -0.05) is 0 Å². The fraction of sp³-hybridized carbons (Fsp3) is 0.576. The zero-order valence-electron chi connectivity index (χ0n) is 32.6. The molecule has 0 radical (unpaired) electrons. The minimum atomic E-state index is -2.07. The highest BCUT2D eigenvalue weighted by Crippen LogP contribution is 2.19. The number of nitrogens with zero attached hydrogens (tertiary/aromatic N) is 3. The number of rotatable bonds is 26. The second-order valence-electron chi connectivity index (χ2n) is 13.5. The lowest BCUT2D eigenvalue weighted by molar-refractivity contribution is -0.143. The molecule has 1 aromatic heterocycles. The van der Waals surface area contributed by atoms with Crippen LogP contribution in [0.2, 0.25) is 0 Å². The van der Waals surface area contributed by atoms with Crippen molar-refractivity contribution in [1.29, 1.82) is 0 Å². The third-order valence-electron chi connectivity index (χ3n) is 8.81. The molecule has 28 heteroatoms. The maximum atomic E-state index is 13.2. The molecule has 0 aromatic carbocycles. The summed E-state index contributed by atoms with van der Waals surface area (Å²) >= 11 is 0. The fourth-order valence-electron chi connectivity index (χ4n) is 5.75. The molecule has 1 saturated heterocycles. The van der Waals surface area contributed by atoms with Crippen LogP contribution in [0.4, 0.5) is 0 Å². The van der Waals surface area contributed by atoms with Crippen molar-refractivity contribution in [2.45, 2.75) is 87.2 Å². The van der Waals surface area contributed by atoms with Gasteiger partial charge in [0.25, 0.3) is 0 Å². The molecular weight excluding hydrogens is 818 g/mol. The number of imidazole rings is 1. The summed E-state index contributed by atoms with van der Waals surface area (Å²) in [5, 5.41) is 60.3. The van der Waals surface area contributed by atoms with Gasteiger partial charge in [0.05, 0.1) is 45.0 Å². The van der Waals surface area contributed by atoms with Crippen molar-refractivity contribution < 1.29 is 73.5 Å². The minimum absolute atomic E-state index is 0.129. The molecule has 7 atom stereocenters. The van der Waals surface area contributed by atoms with Gasteiger partial charge >= 0.3 is 17.9 Å². The molecule has 0 spiro atoms. The quantitative estimate of drug-likeness (QED) is 0.0233. The summed E-state index contributed by atoms with van der Waals surface area (Å²) in [5.41, 5.74) is 16.9. The van der Waals surface area contributed by atoms with Crippen molar-refractivity contribution in [2.75, 3.05) is 32.8 Å². The maximum Gasteiger partial charge on any atom is 0.326 e. The first-order chi connectivity index (χ1) is 28.8. The number of carbonyl (C=O) groups is 10. The number of aliphatic imine (C=N–C) groups is 1. The fourth-order valence-corrected chi connectivity index (χ4v) is 5.75. The molecule has 7 amide bonds. The molecule has 28 nitrogen and oxygen atoms in total. The number of aliphatic hydroxyl groups is 2. The van der Waals surface area contributed by atoms with Gasteiger partial charge in [0.2, 0.25) is 41.4 Å². The van der Waals surface area contributed by atoms with Crippen LogP contribution in [0.15, 0.2) is 17.5 Å². The first-order valence-corrected chi connectivity index (χ1v) is 18.5. The highest BCUT2D eigenvalue weighted by molar-refractivity contribution is 5.98. The Bertz CT molecular complexity index is 1770. The SMILES string of the molecule is NC(N)=NCCC[C@H](N)C(=O)N1CCC[C@H]1C(=O)NCC(=O)N[C@@H](CC(=O)O)C(=O)N[C@@H](CC(=O)O)C(=O)N[C@@H](CO)C(=O)N[C@@H](CO)C(=O)N[C@@H](Cc1cnc[nH]1)C(=O)O. The van der Waals surface area contributed by atoms with Crippen molar-refractivity contribution in [2.24, 2.45) is 22.2 Å². The largest absolute Gasteiger partial charge is 0.481 e. The third kappa shape index (κ3) is 17.1. The number of guanidine groups is 1. The van der Waals surface area contributed by atoms with E-state index in [9.17, 15) is 73.5 Å². The molecule has 18 N–H and O–H groups in total. The number of nitrogens with two attached hydrogens (primary N) is 3. The minimum Gasteiger partial charge on any atom is -0.481 e. The molecule has 1 aliphatic rings. The van der Waals surface area contributed by atoms with Gasteiger partial charge in [-0.25, -0.2) is 9.78 Å². The smallest absolute Gasteiger partial charge is 0.326 e. The first-order valence-electron chi connectivity index (χ1n) is 18.5. The molecule has 1 fully saturated rings. The van der Waals surface area contributed by atoms with Crippen LogP contribution < -0.4 is 49.1 Å². The summed E-state index contributed by atoms with van der Waals surface area (Å²) in [4.78, 5) is 137. The van der Waals surface area contributed by atoms with Gasteiger partial charge in [-0.2, -0.15) is 0 Å². The number of nitrogens with one attached hydrogen (secondary N) is 7. The number of carboxylic acid groups (broad SMARTS) is 3. The van der Waals surface area contributed by atoms with Gasteiger partial charge in [0, 0.05) is 31.4 Å². The van der Waals surface area contributed by atoms with Crippen LogP contribution >= 0.6 is 0 Å². The van der Waals surface area contributed by atoms with Crippen LogP contribution in [-0.2, 0) is 54.4 Å². The third-order valence-corrected chi connectivity index (χ3v) is 8.81. The van der Waals surface area contributed by atoms with Crippen molar-refractivity contribution in [3.63, 3.8) is 0 Å². The number of carbonyl (C=O) groups excluding carboxylic acids is 7. The molecule has 1 aliphatic heterocycles. The second-order valence-corrected chi connectivity index (χ2v) is 13.5. The Balaban J connectivity index is 2.05. The average molecular weight is 870 g/mol.